The van der Waals surface area contributed by atoms with Gasteiger partial charge in [0, 0.05) is 18.1 Å². The summed E-state index contributed by atoms with van der Waals surface area (Å²) in [6, 6.07) is 11.4. The largest absolute Gasteiger partial charge is 0.261 e. The molecule has 0 atom stereocenters. The normalized spacial score (nSPS) is 15.4. The highest BCUT2D eigenvalue weighted by atomic mass is 32.2. The van der Waals surface area contributed by atoms with Crippen molar-refractivity contribution in [3.05, 3.63) is 59.4 Å². The van der Waals surface area contributed by atoms with Gasteiger partial charge in [-0.3, -0.25) is 4.98 Å². The van der Waals surface area contributed by atoms with Gasteiger partial charge in [-0.15, -0.1) is 0 Å². The predicted molar refractivity (Wildman–Crippen MR) is 89.2 cm³/mol. The van der Waals surface area contributed by atoms with Crippen LogP contribution in [0.5, 0.6) is 0 Å². The van der Waals surface area contributed by atoms with Gasteiger partial charge in [0.05, 0.1) is 4.90 Å². The van der Waals surface area contributed by atoms with Crippen molar-refractivity contribution >= 4 is 21.0 Å². The van der Waals surface area contributed by atoms with Crippen molar-refractivity contribution in [1.29, 1.82) is 0 Å². The molecule has 0 saturated carbocycles. The standard InChI is InChI=1S/C18H19NO2S/c1-13-6-7-15(12-19-13)18-5-3-4-17(18)14-8-10-16(11-9-14)22(2,20)21/h6-12H,3-5H2,1-2H3. The van der Waals surface area contributed by atoms with Gasteiger partial charge in [-0.05, 0) is 66.7 Å². The number of hydrogen-bond acceptors (Lipinski definition) is 3. The van der Waals surface area contributed by atoms with Crippen molar-refractivity contribution in [3.8, 4) is 0 Å². The lowest BCUT2D eigenvalue weighted by atomic mass is 9.98. The van der Waals surface area contributed by atoms with Gasteiger partial charge in [-0.1, -0.05) is 18.2 Å². The highest BCUT2D eigenvalue weighted by Gasteiger charge is 2.18. The monoisotopic (exact) mass is 313 g/mol. The summed E-state index contributed by atoms with van der Waals surface area (Å²) in [5, 5.41) is 0. The van der Waals surface area contributed by atoms with E-state index in [1.54, 1.807) is 12.1 Å². The molecule has 0 unspecified atom stereocenters. The van der Waals surface area contributed by atoms with Gasteiger partial charge in [0.1, 0.15) is 0 Å². The van der Waals surface area contributed by atoms with Crippen molar-refractivity contribution in [2.24, 2.45) is 0 Å². The van der Waals surface area contributed by atoms with Crippen LogP contribution in [0.4, 0.5) is 0 Å². The highest BCUT2D eigenvalue weighted by molar-refractivity contribution is 7.90. The third-order valence-electron chi connectivity index (χ3n) is 4.11. The van der Waals surface area contributed by atoms with Gasteiger partial charge >= 0.3 is 0 Å². The van der Waals surface area contributed by atoms with E-state index in [2.05, 4.69) is 11.1 Å². The molecule has 1 aromatic carbocycles. The van der Waals surface area contributed by atoms with Crippen LogP contribution in [-0.4, -0.2) is 19.7 Å². The molecule has 4 heteroatoms. The molecule has 0 N–H and O–H groups in total. The summed E-state index contributed by atoms with van der Waals surface area (Å²) in [7, 11) is -3.14. The van der Waals surface area contributed by atoms with Gasteiger partial charge in [0.2, 0.25) is 0 Å². The average Bonchev–Trinajstić information content (AvgIpc) is 2.97. The molecule has 0 bridgehead atoms. The molecule has 3 rings (SSSR count). The van der Waals surface area contributed by atoms with E-state index in [4.69, 9.17) is 0 Å². The quantitative estimate of drug-likeness (QED) is 0.863. The Bertz CT molecular complexity index is 816. The van der Waals surface area contributed by atoms with Crippen molar-refractivity contribution in [2.45, 2.75) is 31.1 Å². The molecule has 1 aliphatic rings. The maximum absolute atomic E-state index is 11.6. The maximum atomic E-state index is 11.6. The van der Waals surface area contributed by atoms with E-state index < -0.39 is 9.84 Å². The van der Waals surface area contributed by atoms with Crippen LogP contribution in [0.25, 0.3) is 11.1 Å². The number of sulfone groups is 1. The summed E-state index contributed by atoms with van der Waals surface area (Å²) in [5.74, 6) is 0. The van der Waals surface area contributed by atoms with Crippen molar-refractivity contribution in [1.82, 2.24) is 4.98 Å². The van der Waals surface area contributed by atoms with Crippen LogP contribution in [0.1, 0.15) is 36.1 Å². The first kappa shape index (κ1) is 15.0. The third-order valence-corrected chi connectivity index (χ3v) is 5.24. The summed E-state index contributed by atoms with van der Waals surface area (Å²) < 4.78 is 23.1. The summed E-state index contributed by atoms with van der Waals surface area (Å²) in [4.78, 5) is 4.75. The lowest BCUT2D eigenvalue weighted by Gasteiger charge is -2.09. The fourth-order valence-corrected chi connectivity index (χ4v) is 3.56. The molecule has 1 aromatic heterocycles. The van der Waals surface area contributed by atoms with E-state index in [0.29, 0.717) is 4.90 Å². The van der Waals surface area contributed by atoms with Crippen LogP contribution >= 0.6 is 0 Å². The molecule has 0 radical (unpaired) electrons. The summed E-state index contributed by atoms with van der Waals surface area (Å²) in [6.45, 7) is 1.98. The van der Waals surface area contributed by atoms with E-state index in [0.717, 1.165) is 30.5 Å². The maximum Gasteiger partial charge on any atom is 0.175 e. The Balaban J connectivity index is 2.01. The molecule has 0 amide bonds. The van der Waals surface area contributed by atoms with Gasteiger partial charge in [-0.2, -0.15) is 0 Å². The number of pyridine rings is 1. The second-order valence-electron chi connectivity index (χ2n) is 5.80. The van der Waals surface area contributed by atoms with E-state index in [-0.39, 0.29) is 0 Å². The van der Waals surface area contributed by atoms with Crippen molar-refractivity contribution < 1.29 is 8.42 Å². The van der Waals surface area contributed by atoms with E-state index in [1.807, 2.05) is 31.3 Å². The fraction of sp³-hybridized carbons (Fsp3) is 0.278. The van der Waals surface area contributed by atoms with Gasteiger partial charge in [0.15, 0.2) is 9.84 Å². The Morgan fingerprint density at radius 1 is 0.909 bits per heavy atom. The number of hydrogen-bond donors (Lipinski definition) is 0. The summed E-state index contributed by atoms with van der Waals surface area (Å²) in [5.41, 5.74) is 5.94. The Morgan fingerprint density at radius 3 is 2.05 bits per heavy atom. The predicted octanol–water partition coefficient (Wildman–Crippen LogP) is 3.89. The first-order valence-electron chi connectivity index (χ1n) is 7.41. The first-order valence-corrected chi connectivity index (χ1v) is 9.30. The molecule has 114 valence electrons. The number of benzene rings is 1. The number of aromatic nitrogens is 1. The Labute approximate surface area is 131 Å². The minimum Gasteiger partial charge on any atom is -0.261 e. The van der Waals surface area contributed by atoms with E-state index in [1.165, 1.54) is 23.0 Å². The molecule has 2 aromatic rings. The molecule has 1 aliphatic carbocycles. The molecule has 3 nitrogen and oxygen atoms in total. The van der Waals surface area contributed by atoms with Gasteiger partial charge in [0.25, 0.3) is 0 Å². The van der Waals surface area contributed by atoms with Crippen molar-refractivity contribution in [2.75, 3.05) is 6.26 Å². The molecule has 0 saturated heterocycles. The van der Waals surface area contributed by atoms with Crippen LogP contribution in [0.3, 0.4) is 0 Å². The smallest absolute Gasteiger partial charge is 0.175 e. The van der Waals surface area contributed by atoms with Gasteiger partial charge < -0.3 is 0 Å². The third kappa shape index (κ3) is 2.97. The molecule has 0 spiro atoms. The molecule has 0 fully saturated rings. The number of nitrogens with zero attached hydrogens (tertiary/aromatic N) is 1. The minimum absolute atomic E-state index is 0.369. The molecule has 1 heterocycles. The van der Waals surface area contributed by atoms with Crippen LogP contribution in [-0.2, 0) is 9.84 Å². The number of allylic oxidation sites excluding steroid dienone is 2. The minimum atomic E-state index is -3.14. The lowest BCUT2D eigenvalue weighted by Crippen LogP contribution is -1.97. The molecular weight excluding hydrogens is 294 g/mol. The average molecular weight is 313 g/mol. The van der Waals surface area contributed by atoms with Crippen molar-refractivity contribution in [3.63, 3.8) is 0 Å². The van der Waals surface area contributed by atoms with Crippen LogP contribution in [0, 0.1) is 6.92 Å². The molecule has 22 heavy (non-hydrogen) atoms. The Hall–Kier alpha value is -1.94. The highest BCUT2D eigenvalue weighted by Crippen LogP contribution is 2.39. The topological polar surface area (TPSA) is 47.0 Å². The van der Waals surface area contributed by atoms with Crippen LogP contribution < -0.4 is 0 Å². The fourth-order valence-electron chi connectivity index (χ4n) is 2.93. The van der Waals surface area contributed by atoms with E-state index >= 15 is 0 Å². The zero-order valence-electron chi connectivity index (χ0n) is 12.8. The zero-order chi connectivity index (χ0) is 15.7. The summed E-state index contributed by atoms with van der Waals surface area (Å²) >= 11 is 0. The second kappa shape index (κ2) is 5.69. The SMILES string of the molecule is Cc1ccc(C2=C(c3ccc(S(C)(=O)=O)cc3)CCC2)cn1. The second-order valence-corrected chi connectivity index (χ2v) is 7.81. The number of aryl methyl sites for hydroxylation is 1. The van der Waals surface area contributed by atoms with E-state index in [9.17, 15) is 8.42 Å². The molecule has 0 aliphatic heterocycles. The summed E-state index contributed by atoms with van der Waals surface area (Å²) in [6.07, 6.45) is 6.38. The van der Waals surface area contributed by atoms with Crippen LogP contribution in [0.15, 0.2) is 47.5 Å². The lowest BCUT2D eigenvalue weighted by molar-refractivity contribution is 0.602. The Morgan fingerprint density at radius 2 is 1.50 bits per heavy atom. The first-order chi connectivity index (χ1) is 10.4. The zero-order valence-corrected chi connectivity index (χ0v) is 13.7. The van der Waals surface area contributed by atoms with Crippen LogP contribution in [0.2, 0.25) is 0 Å². The Kier molecular flexibility index (Phi) is 3.87. The molecular formula is C18H19NO2S. The van der Waals surface area contributed by atoms with Gasteiger partial charge in [-0.25, -0.2) is 8.42 Å². The number of rotatable bonds is 3.